The molecule has 0 aromatic carbocycles. The summed E-state index contributed by atoms with van der Waals surface area (Å²) in [5.74, 6) is 1.53. The van der Waals surface area contributed by atoms with E-state index in [-0.39, 0.29) is 5.91 Å². The van der Waals surface area contributed by atoms with Crippen LogP contribution in [-0.2, 0) is 0 Å². The molecule has 1 fully saturated rings. The summed E-state index contributed by atoms with van der Waals surface area (Å²) in [5, 5.41) is 3.20. The number of nitrogens with zero attached hydrogens (tertiary/aromatic N) is 3. The number of hydrogen-bond acceptors (Lipinski definition) is 4. The summed E-state index contributed by atoms with van der Waals surface area (Å²) in [7, 11) is 5.85. The lowest BCUT2D eigenvalue weighted by Gasteiger charge is -2.32. The molecule has 0 aliphatic carbocycles. The molecule has 110 valence electrons. The first-order chi connectivity index (χ1) is 9.61. The van der Waals surface area contributed by atoms with E-state index in [4.69, 9.17) is 0 Å². The van der Waals surface area contributed by atoms with Crippen molar-refractivity contribution in [3.63, 3.8) is 0 Å². The Labute approximate surface area is 121 Å². The zero-order valence-corrected chi connectivity index (χ0v) is 12.6. The lowest BCUT2D eigenvalue weighted by molar-refractivity contribution is 0.0674. The Balaban J connectivity index is 2.02. The number of piperidine rings is 1. The topological polar surface area (TPSA) is 48.5 Å². The number of likely N-dealkylation sites (tertiary alicyclic amines) is 1. The Morgan fingerprint density at radius 3 is 2.90 bits per heavy atom. The quantitative estimate of drug-likeness (QED) is 0.898. The Kier molecular flexibility index (Phi) is 4.95. The molecule has 1 unspecified atom stereocenters. The maximum atomic E-state index is 12.5. The minimum atomic E-state index is 0.101. The third kappa shape index (κ3) is 3.48. The first kappa shape index (κ1) is 14.8. The number of carbonyl (C=O) groups excluding carboxylic acids is 1. The van der Waals surface area contributed by atoms with Gasteiger partial charge in [-0.15, -0.1) is 0 Å². The first-order valence-electron chi connectivity index (χ1n) is 7.19. The van der Waals surface area contributed by atoms with Crippen molar-refractivity contribution in [1.82, 2.24) is 15.2 Å². The average molecular weight is 276 g/mol. The van der Waals surface area contributed by atoms with Gasteiger partial charge >= 0.3 is 0 Å². The highest BCUT2D eigenvalue weighted by Gasteiger charge is 2.24. The van der Waals surface area contributed by atoms with Gasteiger partial charge in [0.05, 0.1) is 5.56 Å². The second-order valence-corrected chi connectivity index (χ2v) is 5.62. The molecule has 2 heterocycles. The number of pyridine rings is 1. The van der Waals surface area contributed by atoms with Gasteiger partial charge in [-0.1, -0.05) is 0 Å². The van der Waals surface area contributed by atoms with Gasteiger partial charge in [-0.05, 0) is 44.5 Å². The first-order valence-corrected chi connectivity index (χ1v) is 7.19. The summed E-state index contributed by atoms with van der Waals surface area (Å²) in [5.41, 5.74) is 0.681. The van der Waals surface area contributed by atoms with E-state index in [1.165, 1.54) is 6.42 Å². The molecular weight excluding hydrogens is 252 g/mol. The summed E-state index contributed by atoms with van der Waals surface area (Å²) in [6, 6.07) is 3.76. The zero-order chi connectivity index (χ0) is 14.5. The van der Waals surface area contributed by atoms with Gasteiger partial charge in [0.1, 0.15) is 5.82 Å². The van der Waals surface area contributed by atoms with E-state index >= 15 is 0 Å². The third-order valence-electron chi connectivity index (χ3n) is 3.75. The molecule has 1 aliphatic heterocycles. The SMILES string of the molecule is CNCC1CCCN(C(=O)c2ccc(N(C)C)nc2)C1. The van der Waals surface area contributed by atoms with E-state index < -0.39 is 0 Å². The molecule has 1 aromatic heterocycles. The van der Waals surface area contributed by atoms with Gasteiger partial charge in [0.15, 0.2) is 0 Å². The van der Waals surface area contributed by atoms with Crippen LogP contribution < -0.4 is 10.2 Å². The fourth-order valence-electron chi connectivity index (χ4n) is 2.66. The molecule has 0 spiro atoms. The van der Waals surface area contributed by atoms with E-state index in [1.807, 2.05) is 43.1 Å². The van der Waals surface area contributed by atoms with Crippen molar-refractivity contribution >= 4 is 11.7 Å². The van der Waals surface area contributed by atoms with Gasteiger partial charge in [-0.25, -0.2) is 4.98 Å². The Morgan fingerprint density at radius 2 is 2.30 bits per heavy atom. The second-order valence-electron chi connectivity index (χ2n) is 5.62. The number of aromatic nitrogens is 1. The highest BCUT2D eigenvalue weighted by atomic mass is 16.2. The van der Waals surface area contributed by atoms with Crippen molar-refractivity contribution in [2.45, 2.75) is 12.8 Å². The minimum absolute atomic E-state index is 0.101. The van der Waals surface area contributed by atoms with Crippen LogP contribution in [-0.4, -0.2) is 56.6 Å². The summed E-state index contributed by atoms with van der Waals surface area (Å²) >= 11 is 0. The van der Waals surface area contributed by atoms with Crippen LogP contribution in [0, 0.1) is 5.92 Å². The van der Waals surface area contributed by atoms with Crippen LogP contribution in [0.15, 0.2) is 18.3 Å². The molecule has 20 heavy (non-hydrogen) atoms. The Morgan fingerprint density at radius 1 is 1.50 bits per heavy atom. The van der Waals surface area contributed by atoms with Gasteiger partial charge in [-0.2, -0.15) is 0 Å². The van der Waals surface area contributed by atoms with Gasteiger partial charge in [0.25, 0.3) is 5.91 Å². The molecule has 1 aliphatic rings. The van der Waals surface area contributed by atoms with E-state index in [2.05, 4.69) is 10.3 Å². The smallest absolute Gasteiger partial charge is 0.255 e. The number of anilines is 1. The van der Waals surface area contributed by atoms with Crippen LogP contribution >= 0.6 is 0 Å². The van der Waals surface area contributed by atoms with Crippen LogP contribution in [0.4, 0.5) is 5.82 Å². The molecule has 2 rings (SSSR count). The Bertz CT molecular complexity index is 442. The standard InChI is InChI=1S/C15H24N4O/c1-16-9-12-5-4-8-19(11-12)15(20)13-6-7-14(17-10-13)18(2)3/h6-7,10,12,16H,4-5,8-9,11H2,1-3H3. The average Bonchev–Trinajstić information content (AvgIpc) is 2.47. The fourth-order valence-corrected chi connectivity index (χ4v) is 2.66. The van der Waals surface area contributed by atoms with Crippen molar-refractivity contribution in [3.05, 3.63) is 23.9 Å². The molecule has 1 saturated heterocycles. The molecule has 1 atom stereocenters. The zero-order valence-electron chi connectivity index (χ0n) is 12.6. The number of nitrogens with one attached hydrogen (secondary N) is 1. The lowest BCUT2D eigenvalue weighted by Crippen LogP contribution is -2.42. The van der Waals surface area contributed by atoms with Gasteiger partial charge in [0.2, 0.25) is 0 Å². The van der Waals surface area contributed by atoms with Crippen LogP contribution in [0.25, 0.3) is 0 Å². The van der Waals surface area contributed by atoms with Gasteiger partial charge in [-0.3, -0.25) is 4.79 Å². The third-order valence-corrected chi connectivity index (χ3v) is 3.75. The molecule has 5 nitrogen and oxygen atoms in total. The predicted octanol–water partition coefficient (Wildman–Crippen LogP) is 1.22. The molecule has 5 heteroatoms. The number of rotatable bonds is 4. The highest BCUT2D eigenvalue weighted by Crippen LogP contribution is 2.18. The largest absolute Gasteiger partial charge is 0.363 e. The number of hydrogen-bond donors (Lipinski definition) is 1. The highest BCUT2D eigenvalue weighted by molar-refractivity contribution is 5.94. The van der Waals surface area contributed by atoms with Crippen LogP contribution in [0.2, 0.25) is 0 Å². The predicted molar refractivity (Wildman–Crippen MR) is 81.1 cm³/mol. The molecule has 1 N–H and O–H groups in total. The van der Waals surface area contributed by atoms with Crippen LogP contribution in [0.5, 0.6) is 0 Å². The summed E-state index contributed by atoms with van der Waals surface area (Å²) in [6.45, 7) is 2.67. The van der Waals surface area contributed by atoms with Gasteiger partial charge in [0, 0.05) is 33.4 Å². The number of amides is 1. The van der Waals surface area contributed by atoms with Crippen molar-refractivity contribution in [1.29, 1.82) is 0 Å². The maximum absolute atomic E-state index is 12.5. The number of carbonyl (C=O) groups is 1. The van der Waals surface area contributed by atoms with E-state index in [0.29, 0.717) is 11.5 Å². The van der Waals surface area contributed by atoms with Crippen LogP contribution in [0.1, 0.15) is 23.2 Å². The summed E-state index contributed by atoms with van der Waals surface area (Å²) < 4.78 is 0. The summed E-state index contributed by atoms with van der Waals surface area (Å²) in [4.78, 5) is 20.7. The molecule has 1 amide bonds. The van der Waals surface area contributed by atoms with Crippen molar-refractivity contribution in [2.75, 3.05) is 45.7 Å². The van der Waals surface area contributed by atoms with Gasteiger partial charge < -0.3 is 15.1 Å². The maximum Gasteiger partial charge on any atom is 0.255 e. The molecule has 0 bridgehead atoms. The minimum Gasteiger partial charge on any atom is -0.363 e. The molecule has 0 radical (unpaired) electrons. The molecule has 1 aromatic rings. The lowest BCUT2D eigenvalue weighted by atomic mass is 9.97. The summed E-state index contributed by atoms with van der Waals surface area (Å²) in [6.07, 6.45) is 3.96. The molecule has 0 saturated carbocycles. The van der Waals surface area contributed by atoms with Crippen LogP contribution in [0.3, 0.4) is 0 Å². The van der Waals surface area contributed by atoms with E-state index in [1.54, 1.807) is 6.20 Å². The van der Waals surface area contributed by atoms with Crippen molar-refractivity contribution in [2.24, 2.45) is 5.92 Å². The van der Waals surface area contributed by atoms with E-state index in [9.17, 15) is 4.79 Å². The molecular formula is C15H24N4O. The monoisotopic (exact) mass is 276 g/mol. The van der Waals surface area contributed by atoms with Crippen molar-refractivity contribution in [3.8, 4) is 0 Å². The fraction of sp³-hybridized carbons (Fsp3) is 0.600. The van der Waals surface area contributed by atoms with E-state index in [0.717, 1.165) is 31.9 Å². The normalized spacial score (nSPS) is 18.9. The van der Waals surface area contributed by atoms with Crippen molar-refractivity contribution < 1.29 is 4.79 Å². The second kappa shape index (κ2) is 6.70. The Hall–Kier alpha value is -1.62.